The Hall–Kier alpha value is -3.11. The van der Waals surface area contributed by atoms with Crippen LogP contribution in [-0.2, 0) is 4.79 Å². The number of hydrogen-bond donors (Lipinski definition) is 1. The van der Waals surface area contributed by atoms with Crippen LogP contribution < -0.4 is 10.2 Å². The molecule has 1 N–H and O–H groups in total. The van der Waals surface area contributed by atoms with E-state index in [1.165, 1.54) is 11.3 Å². The number of nitrogens with one attached hydrogen (secondary N) is 1. The predicted molar refractivity (Wildman–Crippen MR) is 129 cm³/mol. The summed E-state index contributed by atoms with van der Waals surface area (Å²) < 4.78 is 0. The Balaban J connectivity index is 1.54. The van der Waals surface area contributed by atoms with Crippen LogP contribution in [0.1, 0.15) is 28.3 Å². The van der Waals surface area contributed by atoms with Crippen LogP contribution >= 0.6 is 0 Å². The lowest BCUT2D eigenvalue weighted by molar-refractivity contribution is -0.121. The van der Waals surface area contributed by atoms with Crippen molar-refractivity contribution in [3.8, 4) is 0 Å². The summed E-state index contributed by atoms with van der Waals surface area (Å²) in [7, 11) is 0. The Morgan fingerprint density at radius 1 is 0.806 bits per heavy atom. The summed E-state index contributed by atoms with van der Waals surface area (Å²) in [6, 6.07) is 24.5. The van der Waals surface area contributed by atoms with Crippen molar-refractivity contribution in [1.29, 1.82) is 0 Å². The van der Waals surface area contributed by atoms with Crippen LogP contribution in [0.15, 0.2) is 72.8 Å². The molecule has 1 aliphatic rings. The van der Waals surface area contributed by atoms with Crippen LogP contribution in [0.5, 0.6) is 0 Å². The van der Waals surface area contributed by atoms with Crippen molar-refractivity contribution in [3.05, 3.63) is 95.1 Å². The van der Waals surface area contributed by atoms with Gasteiger partial charge in [0.25, 0.3) is 0 Å². The van der Waals surface area contributed by atoms with Crippen molar-refractivity contribution in [2.75, 3.05) is 36.4 Å². The first-order valence-electron chi connectivity index (χ1n) is 11.0. The van der Waals surface area contributed by atoms with Gasteiger partial charge in [-0.3, -0.25) is 9.69 Å². The highest BCUT2D eigenvalue weighted by Gasteiger charge is 2.31. The highest BCUT2D eigenvalue weighted by atomic mass is 16.2. The molecule has 4 rings (SSSR count). The van der Waals surface area contributed by atoms with Crippen molar-refractivity contribution < 1.29 is 4.79 Å². The lowest BCUT2D eigenvalue weighted by atomic mass is 10.0. The second-order valence-electron chi connectivity index (χ2n) is 8.43. The van der Waals surface area contributed by atoms with Gasteiger partial charge in [0.15, 0.2) is 0 Å². The average Bonchev–Trinajstić information content (AvgIpc) is 2.78. The van der Waals surface area contributed by atoms with E-state index >= 15 is 0 Å². The van der Waals surface area contributed by atoms with E-state index in [1.807, 2.05) is 31.2 Å². The molecule has 1 atom stereocenters. The summed E-state index contributed by atoms with van der Waals surface area (Å²) in [6.07, 6.45) is 0. The van der Waals surface area contributed by atoms with Crippen molar-refractivity contribution in [1.82, 2.24) is 4.90 Å². The highest BCUT2D eigenvalue weighted by Crippen LogP contribution is 2.28. The van der Waals surface area contributed by atoms with E-state index in [9.17, 15) is 4.79 Å². The number of para-hydroxylation sites is 1. The van der Waals surface area contributed by atoms with E-state index in [0.717, 1.165) is 48.6 Å². The molecule has 31 heavy (non-hydrogen) atoms. The third-order valence-electron chi connectivity index (χ3n) is 6.15. The molecule has 1 amide bonds. The fourth-order valence-electron chi connectivity index (χ4n) is 4.37. The number of aryl methyl sites for hydroxylation is 3. The molecule has 1 saturated heterocycles. The van der Waals surface area contributed by atoms with Gasteiger partial charge in [0, 0.05) is 37.6 Å². The van der Waals surface area contributed by atoms with E-state index in [-0.39, 0.29) is 11.9 Å². The molecule has 4 nitrogen and oxygen atoms in total. The molecule has 1 aliphatic heterocycles. The maximum absolute atomic E-state index is 13.5. The summed E-state index contributed by atoms with van der Waals surface area (Å²) in [6.45, 7) is 9.74. The van der Waals surface area contributed by atoms with Crippen molar-refractivity contribution in [3.63, 3.8) is 0 Å². The monoisotopic (exact) mass is 413 g/mol. The molecule has 0 bridgehead atoms. The molecule has 1 heterocycles. The first-order valence-corrected chi connectivity index (χ1v) is 11.0. The Bertz CT molecular complexity index is 1040. The Morgan fingerprint density at radius 2 is 1.48 bits per heavy atom. The minimum atomic E-state index is -0.305. The molecular formula is C27H31N3O. The van der Waals surface area contributed by atoms with Gasteiger partial charge in [0.05, 0.1) is 0 Å². The van der Waals surface area contributed by atoms with Crippen LogP contribution in [0.2, 0.25) is 0 Å². The average molecular weight is 414 g/mol. The number of benzene rings is 3. The van der Waals surface area contributed by atoms with E-state index in [4.69, 9.17) is 0 Å². The fraction of sp³-hybridized carbons (Fsp3) is 0.296. The van der Waals surface area contributed by atoms with Gasteiger partial charge in [0.1, 0.15) is 6.04 Å². The molecule has 160 valence electrons. The van der Waals surface area contributed by atoms with Gasteiger partial charge in [-0.15, -0.1) is 0 Å². The van der Waals surface area contributed by atoms with Crippen LogP contribution in [0.4, 0.5) is 11.4 Å². The smallest absolute Gasteiger partial charge is 0.246 e. The maximum Gasteiger partial charge on any atom is 0.246 e. The van der Waals surface area contributed by atoms with Crippen molar-refractivity contribution >= 4 is 17.3 Å². The molecule has 0 spiro atoms. The normalized spacial score (nSPS) is 15.5. The number of nitrogens with zero attached hydrogens (tertiary/aromatic N) is 2. The van der Waals surface area contributed by atoms with Gasteiger partial charge in [-0.05, 0) is 55.2 Å². The fourth-order valence-corrected chi connectivity index (χ4v) is 4.37. The van der Waals surface area contributed by atoms with Crippen LogP contribution in [0.25, 0.3) is 0 Å². The molecule has 1 fully saturated rings. The van der Waals surface area contributed by atoms with Crippen molar-refractivity contribution in [2.24, 2.45) is 0 Å². The van der Waals surface area contributed by atoms with Crippen LogP contribution in [-0.4, -0.2) is 37.0 Å². The zero-order valence-corrected chi connectivity index (χ0v) is 18.6. The number of amides is 1. The molecule has 0 saturated carbocycles. The first-order chi connectivity index (χ1) is 15.0. The predicted octanol–water partition coefficient (Wildman–Crippen LogP) is 5.11. The number of hydrogen-bond acceptors (Lipinski definition) is 3. The summed E-state index contributed by atoms with van der Waals surface area (Å²) in [4.78, 5) is 18.3. The molecule has 4 heteroatoms. The third-order valence-corrected chi connectivity index (χ3v) is 6.15. The molecule has 3 aromatic rings. The summed E-state index contributed by atoms with van der Waals surface area (Å²) in [5.41, 5.74) is 6.74. The quantitative estimate of drug-likeness (QED) is 0.631. The Labute approximate surface area is 185 Å². The van der Waals surface area contributed by atoms with Crippen LogP contribution in [0, 0.1) is 20.8 Å². The molecule has 3 aromatic carbocycles. The molecule has 0 radical (unpaired) electrons. The first kappa shape index (κ1) is 21.1. The van der Waals surface area contributed by atoms with Gasteiger partial charge >= 0.3 is 0 Å². The molecule has 0 aromatic heterocycles. The topological polar surface area (TPSA) is 35.6 Å². The number of rotatable bonds is 5. The standard InChI is InChI=1S/C27H31N3O/c1-20-13-14-21(2)24(19-20)28-27(31)26(23-10-5-4-6-11-23)30-17-15-29(16-18-30)25-12-8-7-9-22(25)3/h4-14,19,26H,15-18H2,1-3H3,(H,28,31). The third kappa shape index (κ3) is 4.80. The van der Waals surface area contributed by atoms with E-state index in [0.29, 0.717) is 0 Å². The number of piperazine rings is 1. The summed E-state index contributed by atoms with van der Waals surface area (Å²) in [5, 5.41) is 3.20. The van der Waals surface area contributed by atoms with E-state index in [1.54, 1.807) is 0 Å². The van der Waals surface area contributed by atoms with Crippen molar-refractivity contribution in [2.45, 2.75) is 26.8 Å². The van der Waals surface area contributed by atoms with E-state index < -0.39 is 0 Å². The van der Waals surface area contributed by atoms with Gasteiger partial charge in [0.2, 0.25) is 5.91 Å². The number of carbonyl (C=O) groups is 1. The second-order valence-corrected chi connectivity index (χ2v) is 8.43. The molecule has 1 unspecified atom stereocenters. The number of anilines is 2. The van der Waals surface area contributed by atoms with Gasteiger partial charge < -0.3 is 10.2 Å². The highest BCUT2D eigenvalue weighted by molar-refractivity contribution is 5.96. The Morgan fingerprint density at radius 3 is 2.19 bits per heavy atom. The van der Waals surface area contributed by atoms with Gasteiger partial charge in [-0.2, -0.15) is 0 Å². The molecule has 0 aliphatic carbocycles. The lowest BCUT2D eigenvalue weighted by Crippen LogP contribution is -2.50. The SMILES string of the molecule is Cc1ccc(C)c(NC(=O)C(c2ccccc2)N2CCN(c3ccccc3C)CC2)c1. The zero-order chi connectivity index (χ0) is 21.8. The van der Waals surface area contributed by atoms with Crippen LogP contribution in [0.3, 0.4) is 0 Å². The zero-order valence-electron chi connectivity index (χ0n) is 18.6. The maximum atomic E-state index is 13.5. The van der Waals surface area contributed by atoms with Gasteiger partial charge in [-0.1, -0.05) is 60.7 Å². The van der Waals surface area contributed by atoms with Gasteiger partial charge in [-0.25, -0.2) is 0 Å². The minimum Gasteiger partial charge on any atom is -0.369 e. The Kier molecular flexibility index (Phi) is 6.38. The second kappa shape index (κ2) is 9.36. The van der Waals surface area contributed by atoms with E-state index in [2.05, 4.69) is 77.5 Å². The largest absolute Gasteiger partial charge is 0.369 e. The minimum absolute atomic E-state index is 0.0317. The number of carbonyl (C=O) groups excluding carboxylic acids is 1. The summed E-state index contributed by atoms with van der Waals surface area (Å²) >= 11 is 0. The summed E-state index contributed by atoms with van der Waals surface area (Å²) in [5.74, 6) is 0.0317. The molecular weight excluding hydrogens is 382 g/mol. The lowest BCUT2D eigenvalue weighted by Gasteiger charge is -2.40.